The lowest BCUT2D eigenvalue weighted by Crippen LogP contribution is -2.49. The third kappa shape index (κ3) is 6.15. The van der Waals surface area contributed by atoms with E-state index in [4.69, 9.17) is 21.4 Å². The summed E-state index contributed by atoms with van der Waals surface area (Å²) in [5, 5.41) is 2.28. The molecule has 2 rings (SSSR count). The molecule has 0 aliphatic heterocycles. The Morgan fingerprint density at radius 2 is 1.96 bits per heavy atom. The summed E-state index contributed by atoms with van der Waals surface area (Å²) in [6.07, 6.45) is 0. The minimum atomic E-state index is -0.542. The average molecular weight is 491 g/mol. The fourth-order valence-corrected chi connectivity index (χ4v) is 2.64. The van der Waals surface area contributed by atoms with Gasteiger partial charge in [0.15, 0.2) is 22.1 Å². The van der Waals surface area contributed by atoms with Crippen molar-refractivity contribution in [2.45, 2.75) is 6.92 Å². The number of aryl methyl sites for hydroxylation is 1. The van der Waals surface area contributed by atoms with E-state index in [1.807, 2.05) is 19.1 Å². The lowest BCUT2D eigenvalue weighted by atomic mass is 10.2. The van der Waals surface area contributed by atoms with Gasteiger partial charge in [0.25, 0.3) is 11.8 Å². The van der Waals surface area contributed by atoms with Crippen molar-refractivity contribution >= 4 is 61.0 Å². The van der Waals surface area contributed by atoms with Crippen LogP contribution in [0.2, 0.25) is 0 Å². The number of hydrogen-bond donors (Lipinski definition) is 3. The first-order chi connectivity index (χ1) is 11.8. The normalized spacial score (nSPS) is 10.0. The Hall–Kier alpha value is -1.91. The third-order valence-electron chi connectivity index (χ3n) is 2.84. The fourth-order valence-electron chi connectivity index (χ4n) is 1.71. The summed E-state index contributed by atoms with van der Waals surface area (Å²) in [6, 6.07) is 8.51. The van der Waals surface area contributed by atoms with Crippen molar-refractivity contribution in [1.82, 2.24) is 16.2 Å². The molecule has 25 heavy (non-hydrogen) atoms. The van der Waals surface area contributed by atoms with Crippen molar-refractivity contribution in [3.8, 4) is 5.75 Å². The lowest BCUT2D eigenvalue weighted by molar-refractivity contribution is -0.123. The Bertz CT molecular complexity index is 810. The van der Waals surface area contributed by atoms with E-state index in [9.17, 15) is 9.59 Å². The number of thiocarbonyl (C=S) groups is 1. The number of furan rings is 1. The number of carbonyl (C=O) groups is 2. The Kier molecular flexibility index (Phi) is 6.97. The summed E-state index contributed by atoms with van der Waals surface area (Å²) in [6.45, 7) is 1.66. The first kappa shape index (κ1) is 19.4. The van der Waals surface area contributed by atoms with Crippen LogP contribution in [0.5, 0.6) is 5.75 Å². The molecule has 2 amide bonds. The Balaban J connectivity index is 1.73. The van der Waals surface area contributed by atoms with Crippen molar-refractivity contribution < 1.29 is 18.7 Å². The van der Waals surface area contributed by atoms with Gasteiger partial charge in [0.1, 0.15) is 5.75 Å². The molecule has 0 atom stereocenters. The quantitative estimate of drug-likeness (QED) is 0.450. The molecule has 0 aliphatic rings. The molecule has 0 fully saturated rings. The van der Waals surface area contributed by atoms with Gasteiger partial charge in [-0.25, -0.2) is 0 Å². The first-order valence-corrected chi connectivity index (χ1v) is 8.89. The second kappa shape index (κ2) is 8.97. The zero-order valence-electron chi connectivity index (χ0n) is 12.9. The number of rotatable bonds is 4. The van der Waals surface area contributed by atoms with Gasteiger partial charge in [-0.05, 0) is 71.0 Å². The average Bonchev–Trinajstić information content (AvgIpc) is 2.99. The van der Waals surface area contributed by atoms with E-state index >= 15 is 0 Å². The standard InChI is InChI=1S/C15H13Br2N3O4S/c1-8-6-9(16)2-3-10(8)23-7-13(21)19-20-15(25)18-14(22)11-4-5-12(17)24-11/h2-6H,7H2,1H3,(H,19,21)(H2,18,20,22,25). The van der Waals surface area contributed by atoms with Crippen LogP contribution in [-0.2, 0) is 4.79 Å². The number of benzene rings is 1. The van der Waals surface area contributed by atoms with E-state index in [1.165, 1.54) is 6.07 Å². The van der Waals surface area contributed by atoms with Crippen LogP contribution < -0.4 is 20.9 Å². The molecule has 0 aliphatic carbocycles. The van der Waals surface area contributed by atoms with Gasteiger partial charge < -0.3 is 9.15 Å². The number of carbonyl (C=O) groups excluding carboxylic acids is 2. The number of ether oxygens (including phenoxy) is 1. The Labute approximate surface area is 165 Å². The van der Waals surface area contributed by atoms with E-state index in [0.29, 0.717) is 10.4 Å². The molecule has 0 saturated heterocycles. The zero-order chi connectivity index (χ0) is 18.4. The summed E-state index contributed by atoms with van der Waals surface area (Å²) < 4.78 is 11.8. The van der Waals surface area contributed by atoms with E-state index in [1.54, 1.807) is 12.1 Å². The van der Waals surface area contributed by atoms with Crippen molar-refractivity contribution in [2.24, 2.45) is 0 Å². The highest BCUT2D eigenvalue weighted by atomic mass is 79.9. The van der Waals surface area contributed by atoms with E-state index in [0.717, 1.165) is 10.0 Å². The topological polar surface area (TPSA) is 92.6 Å². The van der Waals surface area contributed by atoms with Gasteiger partial charge in [-0.2, -0.15) is 0 Å². The van der Waals surface area contributed by atoms with Crippen LogP contribution in [0.3, 0.4) is 0 Å². The second-order valence-electron chi connectivity index (χ2n) is 4.76. The van der Waals surface area contributed by atoms with E-state index < -0.39 is 11.8 Å². The van der Waals surface area contributed by atoms with Crippen molar-refractivity contribution in [3.05, 3.63) is 50.8 Å². The Morgan fingerprint density at radius 3 is 2.60 bits per heavy atom. The highest BCUT2D eigenvalue weighted by molar-refractivity contribution is 9.10. The van der Waals surface area contributed by atoms with Crippen LogP contribution in [-0.4, -0.2) is 23.5 Å². The van der Waals surface area contributed by atoms with Crippen molar-refractivity contribution in [1.29, 1.82) is 0 Å². The van der Waals surface area contributed by atoms with Crippen LogP contribution in [0.25, 0.3) is 0 Å². The molecule has 7 nitrogen and oxygen atoms in total. The largest absolute Gasteiger partial charge is 0.483 e. The van der Waals surface area contributed by atoms with Crippen LogP contribution in [0.15, 0.2) is 43.9 Å². The summed E-state index contributed by atoms with van der Waals surface area (Å²) in [7, 11) is 0. The lowest BCUT2D eigenvalue weighted by Gasteiger charge is -2.12. The van der Waals surface area contributed by atoms with Gasteiger partial charge in [-0.3, -0.25) is 25.8 Å². The molecule has 0 bridgehead atoms. The van der Waals surface area contributed by atoms with Crippen molar-refractivity contribution in [2.75, 3.05) is 6.61 Å². The molecule has 132 valence electrons. The van der Waals surface area contributed by atoms with Gasteiger partial charge in [0.2, 0.25) is 0 Å². The fraction of sp³-hybridized carbons (Fsp3) is 0.133. The maximum atomic E-state index is 11.8. The first-order valence-electron chi connectivity index (χ1n) is 6.89. The Morgan fingerprint density at radius 1 is 1.20 bits per heavy atom. The highest BCUT2D eigenvalue weighted by Gasteiger charge is 2.12. The number of nitrogens with one attached hydrogen (secondary N) is 3. The predicted molar refractivity (Wildman–Crippen MR) is 102 cm³/mol. The summed E-state index contributed by atoms with van der Waals surface area (Å²) >= 11 is 11.4. The number of hydrazine groups is 1. The molecule has 0 saturated carbocycles. The van der Waals surface area contributed by atoms with Crippen LogP contribution in [0, 0.1) is 6.92 Å². The molecule has 1 aromatic heterocycles. The molecule has 2 aromatic rings. The van der Waals surface area contributed by atoms with Crippen LogP contribution in [0.1, 0.15) is 16.1 Å². The monoisotopic (exact) mass is 489 g/mol. The number of halogens is 2. The van der Waals surface area contributed by atoms with Gasteiger partial charge in [0.05, 0.1) is 0 Å². The number of amides is 2. The maximum absolute atomic E-state index is 11.8. The summed E-state index contributed by atoms with van der Waals surface area (Å²) in [4.78, 5) is 23.5. The van der Waals surface area contributed by atoms with Gasteiger partial charge >= 0.3 is 0 Å². The SMILES string of the molecule is Cc1cc(Br)ccc1OCC(=O)NNC(=S)NC(=O)c1ccc(Br)o1. The molecule has 0 unspecified atom stereocenters. The van der Waals surface area contributed by atoms with Gasteiger partial charge in [-0.1, -0.05) is 15.9 Å². The zero-order valence-corrected chi connectivity index (χ0v) is 16.9. The van der Waals surface area contributed by atoms with Gasteiger partial charge in [0, 0.05) is 4.47 Å². The smallest absolute Gasteiger partial charge is 0.293 e. The van der Waals surface area contributed by atoms with E-state index in [2.05, 4.69) is 48.0 Å². The number of hydrogen-bond acceptors (Lipinski definition) is 5. The predicted octanol–water partition coefficient (Wildman–Crippen LogP) is 2.83. The maximum Gasteiger partial charge on any atom is 0.293 e. The summed E-state index contributed by atoms with van der Waals surface area (Å²) in [5.41, 5.74) is 5.63. The minimum absolute atomic E-state index is 0.0781. The molecule has 0 radical (unpaired) electrons. The third-order valence-corrected chi connectivity index (χ3v) is 3.96. The van der Waals surface area contributed by atoms with Crippen LogP contribution >= 0.6 is 44.1 Å². The summed E-state index contributed by atoms with van der Waals surface area (Å²) in [5.74, 6) is -0.326. The molecule has 1 aromatic carbocycles. The molecular weight excluding hydrogens is 478 g/mol. The van der Waals surface area contributed by atoms with Crippen molar-refractivity contribution in [3.63, 3.8) is 0 Å². The highest BCUT2D eigenvalue weighted by Crippen LogP contribution is 2.21. The molecule has 10 heteroatoms. The molecule has 0 spiro atoms. The molecule has 3 N–H and O–H groups in total. The molecule has 1 heterocycles. The molecular formula is C15H13Br2N3O4S. The minimum Gasteiger partial charge on any atom is -0.483 e. The van der Waals surface area contributed by atoms with Crippen LogP contribution in [0.4, 0.5) is 0 Å². The van der Waals surface area contributed by atoms with Gasteiger partial charge in [-0.15, -0.1) is 0 Å². The van der Waals surface area contributed by atoms with E-state index in [-0.39, 0.29) is 17.5 Å². The second-order valence-corrected chi connectivity index (χ2v) is 6.86.